The number of carbonyl (C=O) groups excluding carboxylic acids is 3. The molecule has 0 spiro atoms. The molecular formula is C16H14ClN3O3. The van der Waals surface area contributed by atoms with Crippen LogP contribution in [0.5, 0.6) is 0 Å². The van der Waals surface area contributed by atoms with Gasteiger partial charge in [-0.15, -0.1) is 0 Å². The smallest absolute Gasteiger partial charge is 0.323 e. The minimum absolute atomic E-state index is 0.267. The van der Waals surface area contributed by atoms with Crippen molar-refractivity contribution in [1.82, 2.24) is 0 Å². The molecule has 6 nitrogen and oxygen atoms in total. The van der Waals surface area contributed by atoms with E-state index in [1.54, 1.807) is 24.3 Å². The normalized spacial score (nSPS) is 10.0. The SMILES string of the molecule is CC(=O)N(C(=O)C(=O)Nc1ccc(Cl)cc1)c1ccc(N)cc1. The van der Waals surface area contributed by atoms with E-state index in [0.29, 0.717) is 16.4 Å². The number of halogens is 1. The van der Waals surface area contributed by atoms with Gasteiger partial charge in [0, 0.05) is 23.3 Å². The Hall–Kier alpha value is -2.86. The molecule has 0 heterocycles. The molecule has 7 heteroatoms. The van der Waals surface area contributed by atoms with Crippen LogP contribution in [-0.2, 0) is 14.4 Å². The molecule has 0 fully saturated rings. The molecule has 2 aromatic rings. The summed E-state index contributed by atoms with van der Waals surface area (Å²) in [5.74, 6) is -2.50. The Bertz CT molecular complexity index is 742. The fraction of sp³-hybridized carbons (Fsp3) is 0.0625. The van der Waals surface area contributed by atoms with Crippen LogP contribution in [0.2, 0.25) is 5.02 Å². The Kier molecular flexibility index (Phi) is 4.98. The van der Waals surface area contributed by atoms with Crippen LogP contribution in [-0.4, -0.2) is 17.7 Å². The van der Waals surface area contributed by atoms with Gasteiger partial charge in [0.15, 0.2) is 0 Å². The molecule has 0 aliphatic heterocycles. The van der Waals surface area contributed by atoms with Crippen LogP contribution in [0.15, 0.2) is 48.5 Å². The number of benzene rings is 2. The summed E-state index contributed by atoms with van der Waals surface area (Å²) in [7, 11) is 0. The molecule has 0 radical (unpaired) electrons. The van der Waals surface area contributed by atoms with Gasteiger partial charge in [-0.25, -0.2) is 4.90 Å². The van der Waals surface area contributed by atoms with Gasteiger partial charge in [-0.1, -0.05) is 11.6 Å². The molecule has 23 heavy (non-hydrogen) atoms. The van der Waals surface area contributed by atoms with Gasteiger partial charge >= 0.3 is 11.8 Å². The molecule has 0 aliphatic carbocycles. The zero-order chi connectivity index (χ0) is 17.0. The van der Waals surface area contributed by atoms with Crippen molar-refractivity contribution >= 4 is 46.4 Å². The van der Waals surface area contributed by atoms with Crippen LogP contribution >= 0.6 is 11.6 Å². The molecule has 118 valence electrons. The van der Waals surface area contributed by atoms with E-state index in [-0.39, 0.29) is 5.69 Å². The second-order valence-electron chi connectivity index (χ2n) is 4.71. The molecule has 2 aromatic carbocycles. The highest BCUT2D eigenvalue weighted by molar-refractivity contribution is 6.48. The number of hydrogen-bond donors (Lipinski definition) is 2. The number of amides is 3. The summed E-state index contributed by atoms with van der Waals surface area (Å²) in [6, 6.07) is 12.3. The van der Waals surface area contributed by atoms with Crippen molar-refractivity contribution in [2.24, 2.45) is 0 Å². The van der Waals surface area contributed by atoms with Gasteiger partial charge in [-0.3, -0.25) is 14.4 Å². The van der Waals surface area contributed by atoms with E-state index in [4.69, 9.17) is 17.3 Å². The first-order valence-electron chi connectivity index (χ1n) is 6.65. The molecule has 0 aromatic heterocycles. The summed E-state index contributed by atoms with van der Waals surface area (Å²) in [6.07, 6.45) is 0. The van der Waals surface area contributed by atoms with Gasteiger partial charge in [0.25, 0.3) is 0 Å². The van der Waals surface area contributed by atoms with Crippen LogP contribution in [0.3, 0.4) is 0 Å². The van der Waals surface area contributed by atoms with Crippen LogP contribution in [0.4, 0.5) is 17.1 Å². The number of imide groups is 1. The third kappa shape index (κ3) is 4.08. The quantitative estimate of drug-likeness (QED) is 0.653. The van der Waals surface area contributed by atoms with Crippen LogP contribution < -0.4 is 16.0 Å². The lowest BCUT2D eigenvalue weighted by Crippen LogP contribution is -2.42. The van der Waals surface area contributed by atoms with Crippen molar-refractivity contribution in [3.8, 4) is 0 Å². The maximum atomic E-state index is 12.3. The molecule has 3 amide bonds. The topological polar surface area (TPSA) is 92.5 Å². The summed E-state index contributed by atoms with van der Waals surface area (Å²) in [5, 5.41) is 2.92. The average molecular weight is 332 g/mol. The molecule has 0 saturated heterocycles. The van der Waals surface area contributed by atoms with Gasteiger partial charge in [-0.05, 0) is 48.5 Å². The number of nitrogen functional groups attached to an aromatic ring is 1. The van der Waals surface area contributed by atoms with Gasteiger partial charge in [0.1, 0.15) is 0 Å². The van der Waals surface area contributed by atoms with E-state index in [9.17, 15) is 14.4 Å². The Labute approximate surface area is 137 Å². The lowest BCUT2D eigenvalue weighted by molar-refractivity contribution is -0.136. The number of carbonyl (C=O) groups is 3. The predicted octanol–water partition coefficient (Wildman–Crippen LogP) is 2.44. The van der Waals surface area contributed by atoms with Gasteiger partial charge < -0.3 is 11.1 Å². The molecule has 0 unspecified atom stereocenters. The minimum atomic E-state index is -0.989. The minimum Gasteiger partial charge on any atom is -0.399 e. The van der Waals surface area contributed by atoms with E-state index in [1.807, 2.05) is 0 Å². The number of nitrogens with zero attached hydrogens (tertiary/aromatic N) is 1. The number of anilines is 3. The van der Waals surface area contributed by atoms with Crippen molar-refractivity contribution in [3.63, 3.8) is 0 Å². The number of nitrogens with one attached hydrogen (secondary N) is 1. The van der Waals surface area contributed by atoms with Crippen molar-refractivity contribution in [2.45, 2.75) is 6.92 Å². The Morgan fingerprint density at radius 2 is 1.57 bits per heavy atom. The molecule has 0 bridgehead atoms. The third-order valence-electron chi connectivity index (χ3n) is 2.97. The number of hydrogen-bond acceptors (Lipinski definition) is 4. The molecule has 0 saturated carbocycles. The van der Waals surface area contributed by atoms with Crippen LogP contribution in [0.1, 0.15) is 6.92 Å². The van der Waals surface area contributed by atoms with E-state index in [2.05, 4.69) is 5.32 Å². The highest BCUT2D eigenvalue weighted by atomic mass is 35.5. The summed E-state index contributed by atoms with van der Waals surface area (Å²) < 4.78 is 0. The molecule has 0 aliphatic rings. The monoisotopic (exact) mass is 331 g/mol. The largest absolute Gasteiger partial charge is 0.399 e. The first-order chi connectivity index (χ1) is 10.9. The molecule has 0 atom stereocenters. The van der Waals surface area contributed by atoms with Crippen molar-refractivity contribution in [1.29, 1.82) is 0 Å². The molecule has 3 N–H and O–H groups in total. The molecule has 2 rings (SSSR count). The summed E-state index contributed by atoms with van der Waals surface area (Å²) in [6.45, 7) is 1.20. The highest BCUT2D eigenvalue weighted by Crippen LogP contribution is 2.18. The van der Waals surface area contributed by atoms with Crippen molar-refractivity contribution in [2.75, 3.05) is 16.0 Å². The average Bonchev–Trinajstić information content (AvgIpc) is 2.51. The zero-order valence-electron chi connectivity index (χ0n) is 12.2. The van der Waals surface area contributed by atoms with Crippen LogP contribution in [0, 0.1) is 0 Å². The number of rotatable bonds is 2. The van der Waals surface area contributed by atoms with E-state index >= 15 is 0 Å². The Morgan fingerprint density at radius 3 is 2.09 bits per heavy atom. The summed E-state index contributed by atoms with van der Waals surface area (Å²) >= 11 is 5.75. The van der Waals surface area contributed by atoms with Gasteiger partial charge in [0.2, 0.25) is 5.91 Å². The van der Waals surface area contributed by atoms with Gasteiger partial charge in [0.05, 0.1) is 5.69 Å². The summed E-state index contributed by atoms with van der Waals surface area (Å²) in [5.41, 5.74) is 6.72. The Morgan fingerprint density at radius 1 is 1.00 bits per heavy atom. The fourth-order valence-corrected chi connectivity index (χ4v) is 2.01. The van der Waals surface area contributed by atoms with E-state index < -0.39 is 17.7 Å². The second kappa shape index (κ2) is 6.93. The van der Waals surface area contributed by atoms with E-state index in [0.717, 1.165) is 4.90 Å². The standard InChI is InChI=1S/C16H14ClN3O3/c1-10(21)20(14-8-4-12(18)5-9-14)16(23)15(22)19-13-6-2-11(17)3-7-13/h2-9H,18H2,1H3,(H,19,22). The van der Waals surface area contributed by atoms with E-state index in [1.165, 1.54) is 31.2 Å². The van der Waals surface area contributed by atoms with Crippen molar-refractivity contribution < 1.29 is 14.4 Å². The lowest BCUT2D eigenvalue weighted by Gasteiger charge is -2.18. The fourth-order valence-electron chi connectivity index (χ4n) is 1.88. The first-order valence-corrected chi connectivity index (χ1v) is 7.03. The second-order valence-corrected chi connectivity index (χ2v) is 5.15. The highest BCUT2D eigenvalue weighted by Gasteiger charge is 2.26. The maximum Gasteiger partial charge on any atom is 0.323 e. The maximum absolute atomic E-state index is 12.3. The lowest BCUT2D eigenvalue weighted by atomic mass is 10.2. The predicted molar refractivity (Wildman–Crippen MR) is 89.1 cm³/mol. The van der Waals surface area contributed by atoms with Gasteiger partial charge in [-0.2, -0.15) is 0 Å². The molecular weight excluding hydrogens is 318 g/mol. The Balaban J connectivity index is 2.20. The summed E-state index contributed by atoms with van der Waals surface area (Å²) in [4.78, 5) is 36.9. The number of nitrogens with two attached hydrogens (primary N) is 1. The first kappa shape index (κ1) is 16.5. The zero-order valence-corrected chi connectivity index (χ0v) is 13.0. The van der Waals surface area contributed by atoms with Crippen LogP contribution in [0.25, 0.3) is 0 Å². The third-order valence-corrected chi connectivity index (χ3v) is 3.22. The van der Waals surface area contributed by atoms with Crippen molar-refractivity contribution in [3.05, 3.63) is 53.6 Å².